The molecule has 1 aromatic carbocycles. The first kappa shape index (κ1) is 11.7. The standard InChI is InChI=1S/C14H15N3S/c1-2-4-13(18-14-7-8-15-10-17-14)11(3-1)9-16-12-5-6-12/h1-4,7-8,10,12,16H,5-6,9H2. The van der Waals surface area contributed by atoms with Gasteiger partial charge >= 0.3 is 0 Å². The molecule has 0 saturated heterocycles. The van der Waals surface area contributed by atoms with Gasteiger partial charge in [0.25, 0.3) is 0 Å². The maximum Gasteiger partial charge on any atom is 0.116 e. The van der Waals surface area contributed by atoms with Crippen molar-refractivity contribution in [1.82, 2.24) is 15.3 Å². The summed E-state index contributed by atoms with van der Waals surface area (Å²) in [6.07, 6.45) is 6.01. The third-order valence-electron chi connectivity index (χ3n) is 2.90. The molecule has 18 heavy (non-hydrogen) atoms. The quantitative estimate of drug-likeness (QED) is 0.836. The van der Waals surface area contributed by atoms with Crippen LogP contribution in [0, 0.1) is 0 Å². The highest BCUT2D eigenvalue weighted by molar-refractivity contribution is 7.99. The molecule has 1 N–H and O–H groups in total. The van der Waals surface area contributed by atoms with Gasteiger partial charge < -0.3 is 5.32 Å². The van der Waals surface area contributed by atoms with Crippen molar-refractivity contribution in [2.75, 3.05) is 0 Å². The number of aromatic nitrogens is 2. The zero-order chi connectivity index (χ0) is 12.2. The Morgan fingerprint density at radius 3 is 2.89 bits per heavy atom. The van der Waals surface area contributed by atoms with Crippen LogP contribution in [0.15, 0.2) is 52.8 Å². The van der Waals surface area contributed by atoms with Gasteiger partial charge in [-0.05, 0) is 30.5 Å². The first-order valence-corrected chi connectivity index (χ1v) is 6.98. The Morgan fingerprint density at radius 1 is 1.22 bits per heavy atom. The summed E-state index contributed by atoms with van der Waals surface area (Å²) < 4.78 is 0. The van der Waals surface area contributed by atoms with Crippen LogP contribution in [0.2, 0.25) is 0 Å². The minimum absolute atomic E-state index is 0.738. The van der Waals surface area contributed by atoms with Crippen molar-refractivity contribution in [3.8, 4) is 0 Å². The molecule has 92 valence electrons. The van der Waals surface area contributed by atoms with E-state index >= 15 is 0 Å². The third-order valence-corrected chi connectivity index (χ3v) is 3.97. The maximum atomic E-state index is 4.25. The molecule has 1 fully saturated rings. The van der Waals surface area contributed by atoms with Crippen LogP contribution in [0.3, 0.4) is 0 Å². The van der Waals surface area contributed by atoms with Crippen molar-refractivity contribution < 1.29 is 0 Å². The summed E-state index contributed by atoms with van der Waals surface area (Å²) in [4.78, 5) is 9.46. The molecule has 3 nitrogen and oxygen atoms in total. The van der Waals surface area contributed by atoms with E-state index in [9.17, 15) is 0 Å². The van der Waals surface area contributed by atoms with Crippen LogP contribution in [0.25, 0.3) is 0 Å². The Labute approximate surface area is 111 Å². The van der Waals surface area contributed by atoms with E-state index in [0.717, 1.165) is 17.6 Å². The molecule has 1 aliphatic rings. The van der Waals surface area contributed by atoms with Gasteiger partial charge in [-0.25, -0.2) is 9.97 Å². The Kier molecular flexibility index (Phi) is 3.57. The molecule has 1 heterocycles. The first-order chi connectivity index (χ1) is 8.92. The van der Waals surface area contributed by atoms with Gasteiger partial charge in [-0.2, -0.15) is 0 Å². The van der Waals surface area contributed by atoms with E-state index in [1.807, 2.05) is 6.07 Å². The summed E-state index contributed by atoms with van der Waals surface area (Å²) in [6.45, 7) is 0.943. The molecular formula is C14H15N3S. The number of hydrogen-bond donors (Lipinski definition) is 1. The molecule has 0 unspecified atom stereocenters. The molecule has 0 atom stereocenters. The number of nitrogens with zero attached hydrogens (tertiary/aromatic N) is 2. The second kappa shape index (κ2) is 5.50. The van der Waals surface area contributed by atoms with Gasteiger partial charge in [0, 0.05) is 23.7 Å². The molecule has 1 aliphatic carbocycles. The van der Waals surface area contributed by atoms with Gasteiger partial charge in [0.1, 0.15) is 11.4 Å². The Balaban J connectivity index is 1.73. The number of rotatable bonds is 5. The van der Waals surface area contributed by atoms with E-state index in [1.165, 1.54) is 23.3 Å². The predicted molar refractivity (Wildman–Crippen MR) is 72.5 cm³/mol. The lowest BCUT2D eigenvalue weighted by Gasteiger charge is -2.09. The Hall–Kier alpha value is -1.39. The highest BCUT2D eigenvalue weighted by Crippen LogP contribution is 2.29. The normalized spacial score (nSPS) is 14.7. The van der Waals surface area contributed by atoms with E-state index in [0.29, 0.717) is 0 Å². The molecule has 4 heteroatoms. The topological polar surface area (TPSA) is 37.8 Å². The van der Waals surface area contributed by atoms with Gasteiger partial charge in [0.15, 0.2) is 0 Å². The first-order valence-electron chi connectivity index (χ1n) is 6.17. The maximum absolute atomic E-state index is 4.25. The van der Waals surface area contributed by atoms with Crippen molar-refractivity contribution in [3.05, 3.63) is 48.4 Å². The molecule has 3 rings (SSSR count). The molecular weight excluding hydrogens is 242 g/mol. The van der Waals surface area contributed by atoms with Crippen LogP contribution in [0.5, 0.6) is 0 Å². The fraction of sp³-hybridized carbons (Fsp3) is 0.286. The molecule has 0 bridgehead atoms. The van der Waals surface area contributed by atoms with E-state index in [-0.39, 0.29) is 0 Å². The van der Waals surface area contributed by atoms with Crippen LogP contribution in [0.1, 0.15) is 18.4 Å². The summed E-state index contributed by atoms with van der Waals surface area (Å²) in [5.74, 6) is 0. The summed E-state index contributed by atoms with van der Waals surface area (Å²) in [5, 5.41) is 4.54. The molecule has 0 spiro atoms. The average molecular weight is 257 g/mol. The van der Waals surface area contributed by atoms with Crippen molar-refractivity contribution in [2.45, 2.75) is 35.3 Å². The highest BCUT2D eigenvalue weighted by Gasteiger charge is 2.20. The number of hydrogen-bond acceptors (Lipinski definition) is 4. The Bertz CT molecular complexity index is 511. The molecule has 1 aromatic heterocycles. The van der Waals surface area contributed by atoms with Crippen LogP contribution in [0.4, 0.5) is 0 Å². The molecule has 0 aliphatic heterocycles. The number of nitrogens with one attached hydrogen (secondary N) is 1. The smallest absolute Gasteiger partial charge is 0.116 e. The SMILES string of the molecule is c1ccc(Sc2ccncn2)c(CNC2CC2)c1. The molecule has 2 aromatic rings. The predicted octanol–water partition coefficient (Wildman–Crippen LogP) is 2.88. The Morgan fingerprint density at radius 2 is 2.11 bits per heavy atom. The van der Waals surface area contributed by atoms with Crippen molar-refractivity contribution in [2.24, 2.45) is 0 Å². The lowest BCUT2D eigenvalue weighted by atomic mass is 10.2. The fourth-order valence-electron chi connectivity index (χ4n) is 1.74. The lowest BCUT2D eigenvalue weighted by Crippen LogP contribution is -2.15. The second-order valence-corrected chi connectivity index (χ2v) is 5.47. The highest BCUT2D eigenvalue weighted by atomic mass is 32.2. The summed E-state index contributed by atoms with van der Waals surface area (Å²) in [5.41, 5.74) is 1.34. The second-order valence-electron chi connectivity index (χ2n) is 4.41. The van der Waals surface area contributed by atoms with Crippen molar-refractivity contribution in [3.63, 3.8) is 0 Å². The lowest BCUT2D eigenvalue weighted by molar-refractivity contribution is 0.680. The van der Waals surface area contributed by atoms with E-state index < -0.39 is 0 Å². The van der Waals surface area contributed by atoms with Gasteiger partial charge in [0.05, 0.1) is 0 Å². The average Bonchev–Trinajstić information content (AvgIpc) is 3.23. The molecule has 0 radical (unpaired) electrons. The van der Waals surface area contributed by atoms with E-state index in [1.54, 1.807) is 24.3 Å². The minimum Gasteiger partial charge on any atom is -0.310 e. The van der Waals surface area contributed by atoms with Gasteiger partial charge in [0.2, 0.25) is 0 Å². The monoisotopic (exact) mass is 257 g/mol. The molecule has 1 saturated carbocycles. The third kappa shape index (κ3) is 3.09. The summed E-state index contributed by atoms with van der Waals surface area (Å²) in [7, 11) is 0. The van der Waals surface area contributed by atoms with Crippen LogP contribution < -0.4 is 5.32 Å². The summed E-state index contributed by atoms with van der Waals surface area (Å²) >= 11 is 1.70. The molecule has 0 amide bonds. The largest absolute Gasteiger partial charge is 0.310 e. The van der Waals surface area contributed by atoms with E-state index in [2.05, 4.69) is 39.6 Å². The summed E-state index contributed by atoms with van der Waals surface area (Å²) in [6, 6.07) is 11.2. The van der Waals surface area contributed by atoms with Crippen molar-refractivity contribution in [1.29, 1.82) is 0 Å². The minimum atomic E-state index is 0.738. The van der Waals surface area contributed by atoms with E-state index in [4.69, 9.17) is 0 Å². The van der Waals surface area contributed by atoms with Crippen LogP contribution >= 0.6 is 11.8 Å². The van der Waals surface area contributed by atoms with Crippen molar-refractivity contribution >= 4 is 11.8 Å². The van der Waals surface area contributed by atoms with Crippen LogP contribution in [-0.4, -0.2) is 16.0 Å². The van der Waals surface area contributed by atoms with Gasteiger partial charge in [-0.15, -0.1) is 0 Å². The van der Waals surface area contributed by atoms with Crippen LogP contribution in [-0.2, 0) is 6.54 Å². The van der Waals surface area contributed by atoms with Gasteiger partial charge in [-0.1, -0.05) is 30.0 Å². The fourth-order valence-corrected chi connectivity index (χ4v) is 2.61. The zero-order valence-electron chi connectivity index (χ0n) is 10.0. The zero-order valence-corrected chi connectivity index (χ0v) is 10.9. The van der Waals surface area contributed by atoms with Gasteiger partial charge in [-0.3, -0.25) is 0 Å². The number of benzene rings is 1.